The lowest BCUT2D eigenvalue weighted by Gasteiger charge is -2.09. The summed E-state index contributed by atoms with van der Waals surface area (Å²) in [6, 6.07) is 3.47. The molecule has 0 fully saturated rings. The van der Waals surface area contributed by atoms with Crippen LogP contribution in [-0.4, -0.2) is 44.9 Å². The number of amides is 1. The highest BCUT2D eigenvalue weighted by molar-refractivity contribution is 5.76. The highest BCUT2D eigenvalue weighted by Gasteiger charge is 2.30. The quantitative estimate of drug-likeness (QED) is 0.784. The second kappa shape index (κ2) is 7.07. The standard InChI is InChI=1S/C13H15F3N6O/c1-9-2-5-22(21-9)11-6-10(19-8-20-11)17-3-4-18-12(23)7-13(14,15)16/h2,5-6,8H,3-4,7H2,1H3,(H,18,23)(H,17,19,20). The largest absolute Gasteiger partial charge is 0.397 e. The van der Waals surface area contributed by atoms with Crippen LogP contribution >= 0.6 is 0 Å². The van der Waals surface area contributed by atoms with Gasteiger partial charge in [0, 0.05) is 25.4 Å². The number of hydrogen-bond donors (Lipinski definition) is 2. The fourth-order valence-corrected chi connectivity index (χ4v) is 1.75. The van der Waals surface area contributed by atoms with Gasteiger partial charge in [0.2, 0.25) is 5.91 Å². The summed E-state index contributed by atoms with van der Waals surface area (Å²) in [4.78, 5) is 19.1. The fraction of sp³-hybridized carbons (Fsp3) is 0.385. The second-order valence-electron chi connectivity index (χ2n) is 4.73. The number of nitrogens with one attached hydrogen (secondary N) is 2. The maximum Gasteiger partial charge on any atom is 0.397 e. The Labute approximate surface area is 129 Å². The van der Waals surface area contributed by atoms with E-state index in [1.54, 1.807) is 16.9 Å². The molecule has 2 aromatic rings. The molecule has 2 rings (SSSR count). The van der Waals surface area contributed by atoms with Gasteiger partial charge in [-0.3, -0.25) is 4.79 Å². The maximum absolute atomic E-state index is 12.0. The Morgan fingerprint density at radius 3 is 2.74 bits per heavy atom. The molecule has 0 spiro atoms. The van der Waals surface area contributed by atoms with Crippen LogP contribution in [0.5, 0.6) is 0 Å². The summed E-state index contributed by atoms with van der Waals surface area (Å²) >= 11 is 0. The van der Waals surface area contributed by atoms with Crippen LogP contribution in [0.2, 0.25) is 0 Å². The fourth-order valence-electron chi connectivity index (χ4n) is 1.75. The van der Waals surface area contributed by atoms with Gasteiger partial charge in [0.15, 0.2) is 5.82 Å². The first kappa shape index (κ1) is 16.7. The summed E-state index contributed by atoms with van der Waals surface area (Å²) in [6.45, 7) is 2.13. The van der Waals surface area contributed by atoms with E-state index in [0.29, 0.717) is 11.6 Å². The van der Waals surface area contributed by atoms with E-state index in [1.165, 1.54) is 6.33 Å². The van der Waals surface area contributed by atoms with Crippen LogP contribution in [0.25, 0.3) is 5.82 Å². The first-order valence-corrected chi connectivity index (χ1v) is 6.75. The van der Waals surface area contributed by atoms with Crippen molar-refractivity contribution >= 4 is 11.7 Å². The molecule has 124 valence electrons. The summed E-state index contributed by atoms with van der Waals surface area (Å²) in [6.07, 6.45) is -2.89. The summed E-state index contributed by atoms with van der Waals surface area (Å²) in [5.74, 6) is -0.0281. The van der Waals surface area contributed by atoms with Gasteiger partial charge in [-0.15, -0.1) is 0 Å². The molecule has 0 radical (unpaired) electrons. The number of nitrogens with zero attached hydrogens (tertiary/aromatic N) is 4. The summed E-state index contributed by atoms with van der Waals surface area (Å²) in [7, 11) is 0. The number of halogens is 3. The van der Waals surface area contributed by atoms with E-state index in [9.17, 15) is 18.0 Å². The molecule has 2 aromatic heterocycles. The molecule has 10 heteroatoms. The van der Waals surface area contributed by atoms with Crippen molar-refractivity contribution in [3.8, 4) is 5.82 Å². The minimum atomic E-state index is -4.50. The molecular weight excluding hydrogens is 313 g/mol. The van der Waals surface area contributed by atoms with Crippen LogP contribution in [0.15, 0.2) is 24.7 Å². The van der Waals surface area contributed by atoms with Crippen LogP contribution in [-0.2, 0) is 4.79 Å². The number of rotatable bonds is 6. The van der Waals surface area contributed by atoms with Crippen molar-refractivity contribution in [1.29, 1.82) is 0 Å². The Hall–Kier alpha value is -2.65. The Kier molecular flexibility index (Phi) is 5.14. The predicted molar refractivity (Wildman–Crippen MR) is 76.1 cm³/mol. The summed E-state index contributed by atoms with van der Waals surface area (Å²) in [5, 5.41) is 9.28. The van der Waals surface area contributed by atoms with Gasteiger partial charge in [-0.1, -0.05) is 0 Å². The molecule has 7 nitrogen and oxygen atoms in total. The number of carbonyl (C=O) groups excluding carboxylic acids is 1. The van der Waals surface area contributed by atoms with E-state index in [-0.39, 0.29) is 13.1 Å². The number of anilines is 1. The minimum Gasteiger partial charge on any atom is -0.368 e. The topological polar surface area (TPSA) is 84.7 Å². The SMILES string of the molecule is Cc1ccn(-c2cc(NCCNC(=O)CC(F)(F)F)ncn2)n1. The molecule has 2 N–H and O–H groups in total. The molecule has 0 aliphatic heterocycles. The third-order valence-corrected chi connectivity index (χ3v) is 2.72. The average Bonchev–Trinajstić information content (AvgIpc) is 2.89. The molecule has 0 saturated heterocycles. The number of aryl methyl sites for hydroxylation is 1. The van der Waals surface area contributed by atoms with E-state index in [1.807, 2.05) is 13.0 Å². The van der Waals surface area contributed by atoms with Gasteiger partial charge in [-0.05, 0) is 13.0 Å². The first-order chi connectivity index (χ1) is 10.8. The third-order valence-electron chi connectivity index (χ3n) is 2.72. The van der Waals surface area contributed by atoms with Gasteiger partial charge in [-0.25, -0.2) is 14.6 Å². The van der Waals surface area contributed by atoms with Gasteiger partial charge in [0.25, 0.3) is 0 Å². The average molecular weight is 328 g/mol. The van der Waals surface area contributed by atoms with Crippen LogP contribution < -0.4 is 10.6 Å². The minimum absolute atomic E-state index is 0.0507. The molecule has 0 saturated carbocycles. The van der Waals surface area contributed by atoms with Gasteiger partial charge < -0.3 is 10.6 Å². The van der Waals surface area contributed by atoms with Crippen molar-refractivity contribution in [3.05, 3.63) is 30.4 Å². The number of aromatic nitrogens is 4. The monoisotopic (exact) mass is 328 g/mol. The zero-order chi connectivity index (χ0) is 16.9. The lowest BCUT2D eigenvalue weighted by atomic mass is 10.4. The van der Waals surface area contributed by atoms with Crippen LogP contribution in [0.4, 0.5) is 19.0 Å². The smallest absolute Gasteiger partial charge is 0.368 e. The van der Waals surface area contributed by atoms with E-state index in [0.717, 1.165) is 5.69 Å². The molecule has 0 bridgehead atoms. The highest BCUT2D eigenvalue weighted by atomic mass is 19.4. The molecule has 0 aliphatic carbocycles. The van der Waals surface area contributed by atoms with E-state index in [4.69, 9.17) is 0 Å². The predicted octanol–water partition coefficient (Wildman–Crippen LogP) is 1.45. The van der Waals surface area contributed by atoms with Gasteiger partial charge in [0.05, 0.1) is 5.69 Å². The van der Waals surface area contributed by atoms with Crippen LogP contribution in [0.1, 0.15) is 12.1 Å². The lowest BCUT2D eigenvalue weighted by molar-refractivity contribution is -0.153. The van der Waals surface area contributed by atoms with Gasteiger partial charge >= 0.3 is 6.18 Å². The lowest BCUT2D eigenvalue weighted by Crippen LogP contribution is -2.32. The molecule has 0 aliphatic rings. The van der Waals surface area contributed by atoms with E-state index in [2.05, 4.69) is 25.7 Å². The van der Waals surface area contributed by atoms with Gasteiger partial charge in [0.1, 0.15) is 18.6 Å². The molecule has 1 amide bonds. The van der Waals surface area contributed by atoms with E-state index >= 15 is 0 Å². The van der Waals surface area contributed by atoms with Crippen molar-refractivity contribution < 1.29 is 18.0 Å². The zero-order valence-corrected chi connectivity index (χ0v) is 12.3. The highest BCUT2D eigenvalue weighted by Crippen LogP contribution is 2.18. The van der Waals surface area contributed by atoms with Crippen molar-refractivity contribution in [2.24, 2.45) is 0 Å². The molecule has 2 heterocycles. The van der Waals surface area contributed by atoms with Crippen LogP contribution in [0, 0.1) is 6.92 Å². The van der Waals surface area contributed by atoms with E-state index < -0.39 is 18.5 Å². The van der Waals surface area contributed by atoms with Crippen molar-refractivity contribution in [1.82, 2.24) is 25.1 Å². The Morgan fingerprint density at radius 1 is 1.30 bits per heavy atom. The van der Waals surface area contributed by atoms with Gasteiger partial charge in [-0.2, -0.15) is 18.3 Å². The number of hydrogen-bond acceptors (Lipinski definition) is 5. The molecular formula is C13H15F3N6O. The normalized spacial score (nSPS) is 11.3. The zero-order valence-electron chi connectivity index (χ0n) is 12.3. The van der Waals surface area contributed by atoms with Crippen molar-refractivity contribution in [3.63, 3.8) is 0 Å². The van der Waals surface area contributed by atoms with Crippen molar-refractivity contribution in [2.75, 3.05) is 18.4 Å². The van der Waals surface area contributed by atoms with Crippen LogP contribution in [0.3, 0.4) is 0 Å². The van der Waals surface area contributed by atoms with Crippen molar-refractivity contribution in [2.45, 2.75) is 19.5 Å². The summed E-state index contributed by atoms with van der Waals surface area (Å²) in [5.41, 5.74) is 0.838. The Bertz CT molecular complexity index is 670. The molecule has 0 atom stereocenters. The number of carbonyl (C=O) groups is 1. The Morgan fingerprint density at radius 2 is 2.09 bits per heavy atom. The third kappa shape index (κ3) is 5.57. The molecule has 23 heavy (non-hydrogen) atoms. The Balaban J connectivity index is 1.81. The molecule has 0 unspecified atom stereocenters. The first-order valence-electron chi connectivity index (χ1n) is 6.75. The molecule has 0 aromatic carbocycles. The maximum atomic E-state index is 12.0. The summed E-state index contributed by atoms with van der Waals surface area (Å²) < 4.78 is 37.5. The number of alkyl halides is 3. The second-order valence-corrected chi connectivity index (χ2v) is 4.73.